The molecule has 1 heterocycles. The van der Waals surface area contributed by atoms with Crippen LogP contribution in [-0.2, 0) is 9.84 Å². The average molecular weight is 335 g/mol. The lowest BCUT2D eigenvalue weighted by Crippen LogP contribution is -2.09. The van der Waals surface area contributed by atoms with Crippen molar-refractivity contribution < 1.29 is 12.9 Å². The zero-order chi connectivity index (χ0) is 15.1. The van der Waals surface area contributed by atoms with Crippen LogP contribution >= 0.6 is 23.2 Å². The second-order valence-electron chi connectivity index (χ2n) is 4.40. The number of nitrogens with two attached hydrogens (primary N) is 1. The van der Waals surface area contributed by atoms with E-state index in [1.54, 1.807) is 18.2 Å². The Labute approximate surface area is 126 Å². The summed E-state index contributed by atoms with van der Waals surface area (Å²) >= 11 is 12.0. The first-order valence-corrected chi connectivity index (χ1v) is 8.32. The Morgan fingerprint density at radius 1 is 1.35 bits per heavy atom. The Morgan fingerprint density at radius 3 is 2.55 bits per heavy atom. The maximum absolute atomic E-state index is 11.7. The minimum absolute atomic E-state index is 0.0136. The van der Waals surface area contributed by atoms with E-state index in [0.29, 0.717) is 21.2 Å². The van der Waals surface area contributed by atoms with Crippen molar-refractivity contribution in [1.29, 1.82) is 0 Å². The summed E-state index contributed by atoms with van der Waals surface area (Å²) in [6, 6.07) is 4.82. The van der Waals surface area contributed by atoms with Crippen molar-refractivity contribution >= 4 is 38.9 Å². The van der Waals surface area contributed by atoms with Gasteiger partial charge >= 0.3 is 0 Å². The van der Waals surface area contributed by atoms with E-state index < -0.39 is 15.1 Å². The fraction of sp³-hybridized carbons (Fsp3) is 0.250. The van der Waals surface area contributed by atoms with Crippen LogP contribution in [0.3, 0.4) is 0 Å². The lowest BCUT2D eigenvalue weighted by atomic mass is 10.0. The molecule has 20 heavy (non-hydrogen) atoms. The van der Waals surface area contributed by atoms with Crippen molar-refractivity contribution in [3.8, 4) is 11.1 Å². The number of sulfone groups is 1. The van der Waals surface area contributed by atoms with Gasteiger partial charge in [-0.2, -0.15) is 0 Å². The Bertz CT molecular complexity index is 756. The second-order valence-corrected chi connectivity index (χ2v) is 7.61. The van der Waals surface area contributed by atoms with Crippen LogP contribution in [0.2, 0.25) is 10.0 Å². The summed E-state index contributed by atoms with van der Waals surface area (Å²) in [5.41, 5.74) is 6.88. The Hall–Kier alpha value is -1.24. The second kappa shape index (κ2) is 5.27. The van der Waals surface area contributed by atoms with E-state index in [1.165, 1.54) is 6.92 Å². The maximum Gasteiger partial charge on any atom is 0.230 e. The number of nitrogen functional groups attached to an aromatic ring is 1. The van der Waals surface area contributed by atoms with E-state index in [2.05, 4.69) is 5.16 Å². The molecule has 0 fully saturated rings. The minimum atomic E-state index is -3.34. The predicted octanol–water partition coefficient (Wildman–Crippen LogP) is 3.34. The van der Waals surface area contributed by atoms with Gasteiger partial charge in [-0.1, -0.05) is 34.4 Å². The average Bonchev–Trinajstić information content (AvgIpc) is 2.69. The van der Waals surface area contributed by atoms with Crippen molar-refractivity contribution in [3.63, 3.8) is 0 Å². The minimum Gasteiger partial charge on any atom is -0.367 e. The molecule has 0 amide bonds. The highest BCUT2D eigenvalue weighted by molar-refractivity contribution is 7.90. The largest absolute Gasteiger partial charge is 0.367 e. The van der Waals surface area contributed by atoms with Gasteiger partial charge in [0.25, 0.3) is 0 Å². The quantitative estimate of drug-likeness (QED) is 0.930. The van der Waals surface area contributed by atoms with E-state index in [0.717, 1.165) is 6.26 Å². The molecule has 108 valence electrons. The van der Waals surface area contributed by atoms with Crippen molar-refractivity contribution in [2.24, 2.45) is 0 Å². The van der Waals surface area contributed by atoms with Gasteiger partial charge in [0.1, 0.15) is 10.9 Å². The summed E-state index contributed by atoms with van der Waals surface area (Å²) in [5, 5.41) is 3.70. The molecular weight excluding hydrogens is 323 g/mol. The Balaban J connectivity index is 2.66. The number of halogens is 2. The van der Waals surface area contributed by atoms with E-state index in [9.17, 15) is 8.42 Å². The van der Waals surface area contributed by atoms with Gasteiger partial charge in [-0.25, -0.2) is 8.42 Å². The van der Waals surface area contributed by atoms with Crippen LogP contribution in [-0.4, -0.2) is 19.8 Å². The zero-order valence-electron chi connectivity index (χ0n) is 10.7. The summed E-state index contributed by atoms with van der Waals surface area (Å²) in [6.07, 6.45) is 1.12. The van der Waals surface area contributed by atoms with Crippen LogP contribution in [0.15, 0.2) is 22.7 Å². The number of hydrogen-bond donors (Lipinski definition) is 1. The third-order valence-electron chi connectivity index (χ3n) is 2.97. The maximum atomic E-state index is 11.7. The van der Waals surface area contributed by atoms with E-state index in [1.807, 2.05) is 0 Å². The van der Waals surface area contributed by atoms with E-state index >= 15 is 0 Å². The molecule has 1 atom stereocenters. The smallest absolute Gasteiger partial charge is 0.230 e. The monoisotopic (exact) mass is 334 g/mol. The Kier molecular flexibility index (Phi) is 4.00. The number of nitrogens with zero attached hydrogens (tertiary/aromatic N) is 1. The third kappa shape index (κ3) is 2.77. The molecule has 0 aliphatic heterocycles. The van der Waals surface area contributed by atoms with Crippen LogP contribution < -0.4 is 5.73 Å². The molecule has 2 N–H and O–H groups in total. The standard InChI is InChI=1S/C12H12Cl2N2O3S/c1-6(20(2,17)18)11-10(12(15)19-16-11)8-4-3-7(13)5-9(8)14/h3-6H,15H2,1-2H3. The molecule has 5 nitrogen and oxygen atoms in total. The first-order valence-electron chi connectivity index (χ1n) is 5.61. The summed E-state index contributed by atoms with van der Waals surface area (Å²) < 4.78 is 28.3. The molecule has 1 aromatic carbocycles. The normalized spacial score (nSPS) is 13.4. The fourth-order valence-corrected chi connectivity index (χ4v) is 2.83. The number of aromatic nitrogens is 1. The van der Waals surface area contributed by atoms with E-state index in [-0.39, 0.29) is 11.6 Å². The molecule has 1 aromatic heterocycles. The van der Waals surface area contributed by atoms with Crippen LogP contribution in [0.4, 0.5) is 5.88 Å². The lowest BCUT2D eigenvalue weighted by Gasteiger charge is -2.10. The molecule has 0 aliphatic carbocycles. The fourth-order valence-electron chi connectivity index (χ4n) is 1.76. The summed E-state index contributed by atoms with van der Waals surface area (Å²) in [5.74, 6) is 0.0136. The number of benzene rings is 1. The van der Waals surface area contributed by atoms with Gasteiger partial charge in [-0.05, 0) is 19.1 Å². The third-order valence-corrected chi connectivity index (χ3v) is 5.03. The summed E-state index contributed by atoms with van der Waals surface area (Å²) in [6.45, 7) is 1.51. The Morgan fingerprint density at radius 2 is 2.00 bits per heavy atom. The molecule has 0 radical (unpaired) electrons. The molecule has 2 rings (SSSR count). The van der Waals surface area contributed by atoms with Gasteiger partial charge in [0.05, 0.1) is 10.6 Å². The van der Waals surface area contributed by atoms with Gasteiger partial charge in [-0.15, -0.1) is 0 Å². The van der Waals surface area contributed by atoms with Crippen LogP contribution in [0.1, 0.15) is 17.9 Å². The molecule has 8 heteroatoms. The molecule has 0 aliphatic rings. The highest BCUT2D eigenvalue weighted by atomic mass is 35.5. The van der Waals surface area contributed by atoms with E-state index in [4.69, 9.17) is 33.5 Å². The number of anilines is 1. The highest BCUT2D eigenvalue weighted by Gasteiger charge is 2.28. The highest BCUT2D eigenvalue weighted by Crippen LogP contribution is 2.39. The summed E-state index contributed by atoms with van der Waals surface area (Å²) in [7, 11) is -3.34. The zero-order valence-corrected chi connectivity index (χ0v) is 13.1. The topological polar surface area (TPSA) is 86.2 Å². The van der Waals surface area contributed by atoms with Crippen molar-refractivity contribution in [2.45, 2.75) is 12.2 Å². The number of hydrogen-bond acceptors (Lipinski definition) is 5. The van der Waals surface area contributed by atoms with Crippen molar-refractivity contribution in [3.05, 3.63) is 33.9 Å². The molecule has 0 saturated carbocycles. The predicted molar refractivity (Wildman–Crippen MR) is 79.6 cm³/mol. The van der Waals surface area contributed by atoms with Crippen molar-refractivity contribution in [1.82, 2.24) is 5.16 Å². The first kappa shape index (κ1) is 15.2. The van der Waals surface area contributed by atoms with Crippen molar-refractivity contribution in [2.75, 3.05) is 12.0 Å². The first-order chi connectivity index (χ1) is 9.21. The van der Waals surface area contributed by atoms with Gasteiger partial charge in [-0.3, -0.25) is 0 Å². The molecule has 2 aromatic rings. The van der Waals surface area contributed by atoms with Crippen LogP contribution in [0, 0.1) is 0 Å². The molecule has 1 unspecified atom stereocenters. The molecular formula is C12H12Cl2N2O3S. The van der Waals surface area contributed by atoms with Gasteiger partial charge in [0.2, 0.25) is 5.88 Å². The van der Waals surface area contributed by atoms with Crippen LogP contribution in [0.5, 0.6) is 0 Å². The van der Waals surface area contributed by atoms with Gasteiger partial charge in [0, 0.05) is 16.8 Å². The molecule has 0 saturated heterocycles. The van der Waals surface area contributed by atoms with Gasteiger partial charge in [0.15, 0.2) is 9.84 Å². The lowest BCUT2D eigenvalue weighted by molar-refractivity contribution is 0.427. The molecule has 0 bridgehead atoms. The van der Waals surface area contributed by atoms with Crippen LogP contribution in [0.25, 0.3) is 11.1 Å². The SMILES string of the molecule is CC(c1noc(N)c1-c1ccc(Cl)cc1Cl)S(C)(=O)=O. The summed E-state index contributed by atoms with van der Waals surface area (Å²) in [4.78, 5) is 0. The van der Waals surface area contributed by atoms with Gasteiger partial charge < -0.3 is 10.3 Å². The molecule has 0 spiro atoms. The number of rotatable bonds is 3.